The van der Waals surface area contributed by atoms with Gasteiger partial charge < -0.3 is 5.32 Å². The van der Waals surface area contributed by atoms with Crippen molar-refractivity contribution in [2.45, 2.75) is 19.4 Å². The molecule has 1 saturated heterocycles. The molecular weight excluding hydrogens is 384 g/mol. The SMILES string of the molecule is Cc1cc(NC(=O)c2ccc([N+](=O)[O-])cc2Cl)n([C@@H]2CCS(=O)(=O)C2)n1. The topological polar surface area (TPSA) is 124 Å². The predicted octanol–water partition coefficient (Wildman–Crippen LogP) is 2.37. The molecule has 1 fully saturated rings. The first kappa shape index (κ1) is 18.3. The first-order valence-corrected chi connectivity index (χ1v) is 9.88. The maximum atomic E-state index is 12.5. The molecule has 26 heavy (non-hydrogen) atoms. The van der Waals surface area contributed by atoms with E-state index in [1.54, 1.807) is 13.0 Å². The van der Waals surface area contributed by atoms with E-state index in [1.165, 1.54) is 16.8 Å². The quantitative estimate of drug-likeness (QED) is 0.622. The number of nitro groups is 1. The van der Waals surface area contributed by atoms with E-state index < -0.39 is 20.7 Å². The fourth-order valence-electron chi connectivity index (χ4n) is 2.84. The van der Waals surface area contributed by atoms with Gasteiger partial charge in [0.25, 0.3) is 11.6 Å². The summed E-state index contributed by atoms with van der Waals surface area (Å²) >= 11 is 5.98. The number of anilines is 1. The normalized spacial score (nSPS) is 18.6. The minimum absolute atomic E-state index is 0.0325. The van der Waals surface area contributed by atoms with Crippen LogP contribution in [0.4, 0.5) is 11.5 Å². The van der Waals surface area contributed by atoms with E-state index in [-0.39, 0.29) is 33.8 Å². The first-order chi connectivity index (χ1) is 12.2. The fourth-order valence-corrected chi connectivity index (χ4v) is 4.79. The van der Waals surface area contributed by atoms with Crippen molar-refractivity contribution in [3.63, 3.8) is 0 Å². The number of carbonyl (C=O) groups excluding carboxylic acids is 1. The monoisotopic (exact) mass is 398 g/mol. The van der Waals surface area contributed by atoms with Crippen LogP contribution in [0.3, 0.4) is 0 Å². The van der Waals surface area contributed by atoms with Crippen molar-refractivity contribution >= 4 is 38.9 Å². The molecule has 1 amide bonds. The van der Waals surface area contributed by atoms with Gasteiger partial charge in [0.15, 0.2) is 9.84 Å². The summed E-state index contributed by atoms with van der Waals surface area (Å²) in [7, 11) is -3.11. The smallest absolute Gasteiger partial charge is 0.270 e. The van der Waals surface area contributed by atoms with Gasteiger partial charge in [-0.25, -0.2) is 13.1 Å². The number of amides is 1. The molecule has 1 aliphatic heterocycles. The summed E-state index contributed by atoms with van der Waals surface area (Å²) in [5, 5.41) is 17.6. The summed E-state index contributed by atoms with van der Waals surface area (Å²) in [5.74, 6) is -0.163. The number of aryl methyl sites for hydroxylation is 1. The number of nitrogens with one attached hydrogen (secondary N) is 1. The Morgan fingerprint density at radius 1 is 1.42 bits per heavy atom. The third-order valence-corrected chi connectivity index (χ3v) is 6.12. The molecule has 138 valence electrons. The third kappa shape index (κ3) is 3.70. The van der Waals surface area contributed by atoms with E-state index in [2.05, 4.69) is 10.4 Å². The average Bonchev–Trinajstić information content (AvgIpc) is 3.08. The molecule has 1 N–H and O–H groups in total. The van der Waals surface area contributed by atoms with Crippen molar-refractivity contribution in [1.29, 1.82) is 0 Å². The molecule has 9 nitrogen and oxygen atoms in total. The van der Waals surface area contributed by atoms with Crippen molar-refractivity contribution in [3.05, 3.63) is 50.7 Å². The number of carbonyl (C=O) groups is 1. The molecular formula is C15H15ClN4O5S. The second kappa shape index (κ2) is 6.69. The summed E-state index contributed by atoms with van der Waals surface area (Å²) in [5.41, 5.74) is 0.477. The van der Waals surface area contributed by atoms with Crippen LogP contribution in [-0.4, -0.2) is 40.5 Å². The van der Waals surface area contributed by atoms with Crippen molar-refractivity contribution in [2.24, 2.45) is 0 Å². The molecule has 11 heteroatoms. The molecule has 0 unspecified atom stereocenters. The lowest BCUT2D eigenvalue weighted by molar-refractivity contribution is -0.384. The second-order valence-corrected chi connectivity index (χ2v) is 8.68. The van der Waals surface area contributed by atoms with E-state index in [9.17, 15) is 23.3 Å². The van der Waals surface area contributed by atoms with Crippen LogP contribution in [0.5, 0.6) is 0 Å². The molecule has 1 aliphatic rings. The number of hydrogen-bond donors (Lipinski definition) is 1. The van der Waals surface area contributed by atoms with Crippen LogP contribution in [-0.2, 0) is 9.84 Å². The van der Waals surface area contributed by atoms with E-state index in [0.717, 1.165) is 6.07 Å². The molecule has 1 aromatic carbocycles. The number of sulfone groups is 1. The Morgan fingerprint density at radius 3 is 2.73 bits per heavy atom. The van der Waals surface area contributed by atoms with Gasteiger partial charge in [-0.2, -0.15) is 5.10 Å². The van der Waals surface area contributed by atoms with E-state index in [0.29, 0.717) is 17.9 Å². The lowest BCUT2D eigenvalue weighted by Crippen LogP contribution is -2.19. The summed E-state index contributed by atoms with van der Waals surface area (Å²) in [6, 6.07) is 4.83. The first-order valence-electron chi connectivity index (χ1n) is 7.68. The summed E-state index contributed by atoms with van der Waals surface area (Å²) < 4.78 is 24.9. The van der Waals surface area contributed by atoms with Gasteiger partial charge in [0, 0.05) is 18.2 Å². The second-order valence-electron chi connectivity index (χ2n) is 6.05. The summed E-state index contributed by atoms with van der Waals surface area (Å²) in [6.07, 6.45) is 0.421. The maximum Gasteiger partial charge on any atom is 0.270 e. The van der Waals surface area contributed by atoms with E-state index in [1.807, 2.05) is 0 Å². The molecule has 0 radical (unpaired) electrons. The van der Waals surface area contributed by atoms with Gasteiger partial charge in [-0.15, -0.1) is 0 Å². The lowest BCUT2D eigenvalue weighted by atomic mass is 10.2. The maximum absolute atomic E-state index is 12.5. The zero-order chi connectivity index (χ0) is 19.1. The highest BCUT2D eigenvalue weighted by molar-refractivity contribution is 7.91. The Hall–Kier alpha value is -2.46. The number of hydrogen-bond acceptors (Lipinski definition) is 6. The minimum atomic E-state index is -3.11. The number of benzene rings is 1. The lowest BCUT2D eigenvalue weighted by Gasteiger charge is -2.14. The van der Waals surface area contributed by atoms with Gasteiger partial charge in [-0.1, -0.05) is 11.6 Å². The molecule has 1 aromatic heterocycles. The van der Waals surface area contributed by atoms with Gasteiger partial charge in [-0.05, 0) is 19.4 Å². The Bertz CT molecular complexity index is 1000. The molecule has 0 aliphatic carbocycles. The fraction of sp³-hybridized carbons (Fsp3) is 0.333. The van der Waals surface area contributed by atoms with Crippen LogP contribution in [0, 0.1) is 17.0 Å². The van der Waals surface area contributed by atoms with Crippen LogP contribution >= 0.6 is 11.6 Å². The summed E-state index contributed by atoms with van der Waals surface area (Å²) in [4.78, 5) is 22.6. The van der Waals surface area contributed by atoms with Crippen LogP contribution in [0.2, 0.25) is 5.02 Å². The van der Waals surface area contributed by atoms with Crippen LogP contribution in [0.15, 0.2) is 24.3 Å². The number of halogens is 1. The van der Waals surface area contributed by atoms with Crippen molar-refractivity contribution in [3.8, 4) is 0 Å². The van der Waals surface area contributed by atoms with Crippen LogP contribution in [0.1, 0.15) is 28.5 Å². The molecule has 3 rings (SSSR count). The van der Waals surface area contributed by atoms with Crippen LogP contribution in [0.25, 0.3) is 0 Å². The average molecular weight is 399 g/mol. The standard InChI is InChI=1S/C15H15ClN4O5S/c1-9-6-14(19(18-9)11-4-5-26(24,25)8-11)17-15(21)12-3-2-10(20(22)23)7-13(12)16/h2-3,6-7,11H,4-5,8H2,1H3,(H,17,21)/t11-/m1/s1. The van der Waals surface area contributed by atoms with Gasteiger partial charge >= 0.3 is 0 Å². The number of nitro benzene ring substituents is 1. The Kier molecular flexibility index (Phi) is 4.72. The Labute approximate surface area is 154 Å². The zero-order valence-electron chi connectivity index (χ0n) is 13.7. The van der Waals surface area contributed by atoms with E-state index in [4.69, 9.17) is 11.6 Å². The largest absolute Gasteiger partial charge is 0.307 e. The minimum Gasteiger partial charge on any atom is -0.307 e. The highest BCUT2D eigenvalue weighted by Gasteiger charge is 2.31. The van der Waals surface area contributed by atoms with Crippen molar-refractivity contribution < 1.29 is 18.1 Å². The number of non-ortho nitro benzene ring substituents is 1. The van der Waals surface area contributed by atoms with E-state index >= 15 is 0 Å². The molecule has 0 bridgehead atoms. The van der Waals surface area contributed by atoms with Gasteiger partial charge in [0.2, 0.25) is 0 Å². The zero-order valence-corrected chi connectivity index (χ0v) is 15.2. The molecule has 1 atom stereocenters. The highest BCUT2D eigenvalue weighted by atomic mass is 35.5. The van der Waals surface area contributed by atoms with Crippen LogP contribution < -0.4 is 5.32 Å². The number of rotatable bonds is 4. The van der Waals surface area contributed by atoms with Crippen molar-refractivity contribution in [2.75, 3.05) is 16.8 Å². The summed E-state index contributed by atoms with van der Waals surface area (Å²) in [6.45, 7) is 1.73. The van der Waals surface area contributed by atoms with Gasteiger partial charge in [0.05, 0.1) is 38.8 Å². The van der Waals surface area contributed by atoms with Gasteiger partial charge in [-0.3, -0.25) is 14.9 Å². The molecule has 0 saturated carbocycles. The molecule has 2 heterocycles. The molecule has 2 aromatic rings. The third-order valence-electron chi connectivity index (χ3n) is 4.06. The highest BCUT2D eigenvalue weighted by Crippen LogP contribution is 2.28. The Balaban J connectivity index is 1.86. The predicted molar refractivity (Wildman–Crippen MR) is 95.3 cm³/mol. The Morgan fingerprint density at radius 2 is 2.15 bits per heavy atom. The number of nitrogens with zero attached hydrogens (tertiary/aromatic N) is 3. The number of aromatic nitrogens is 2. The van der Waals surface area contributed by atoms with Gasteiger partial charge in [0.1, 0.15) is 5.82 Å². The molecule has 0 spiro atoms. The van der Waals surface area contributed by atoms with Crippen molar-refractivity contribution in [1.82, 2.24) is 9.78 Å².